The molecule has 2 aliphatic rings. The van der Waals surface area contributed by atoms with Crippen LogP contribution >= 0.6 is 0 Å². The Morgan fingerprint density at radius 1 is 1.41 bits per heavy atom. The summed E-state index contributed by atoms with van der Waals surface area (Å²) < 4.78 is 5.65. The first-order chi connectivity index (χ1) is 8.29. The number of hydrogen-bond donors (Lipinski definition) is 1. The number of carbonyl (C=O) groups excluding carboxylic acids is 1. The highest BCUT2D eigenvalue weighted by Crippen LogP contribution is 2.18. The van der Waals surface area contributed by atoms with Gasteiger partial charge < -0.3 is 15.0 Å². The molecule has 2 aliphatic heterocycles. The van der Waals surface area contributed by atoms with Crippen LogP contribution in [0.25, 0.3) is 0 Å². The quantitative estimate of drug-likeness (QED) is 0.801. The number of rotatable bonds is 4. The molecule has 0 aromatic rings. The van der Waals surface area contributed by atoms with E-state index in [4.69, 9.17) is 4.74 Å². The minimum absolute atomic E-state index is 0.303. The fourth-order valence-corrected chi connectivity index (χ4v) is 2.70. The second-order valence-electron chi connectivity index (χ2n) is 5.14. The van der Waals surface area contributed by atoms with Crippen LogP contribution in [0.5, 0.6) is 0 Å². The van der Waals surface area contributed by atoms with Gasteiger partial charge in [0.15, 0.2) is 0 Å². The fourth-order valence-electron chi connectivity index (χ4n) is 2.70. The summed E-state index contributed by atoms with van der Waals surface area (Å²) in [6.07, 6.45) is 6.54. The summed E-state index contributed by atoms with van der Waals surface area (Å²) in [5.41, 5.74) is 0. The van der Waals surface area contributed by atoms with Crippen LogP contribution in [0.15, 0.2) is 0 Å². The Balaban J connectivity index is 1.66. The van der Waals surface area contributed by atoms with Gasteiger partial charge in [-0.15, -0.1) is 0 Å². The molecule has 4 nitrogen and oxygen atoms in total. The summed E-state index contributed by atoms with van der Waals surface area (Å²) in [6, 6.07) is 0.491. The predicted molar refractivity (Wildman–Crippen MR) is 66.9 cm³/mol. The van der Waals surface area contributed by atoms with Crippen LogP contribution in [-0.4, -0.2) is 49.7 Å². The van der Waals surface area contributed by atoms with E-state index in [0.717, 1.165) is 39.0 Å². The Hall–Kier alpha value is -0.610. The van der Waals surface area contributed by atoms with Gasteiger partial charge in [-0.05, 0) is 39.2 Å². The maximum absolute atomic E-state index is 12.0. The minimum Gasteiger partial charge on any atom is -0.378 e. The molecule has 2 atom stereocenters. The average molecular weight is 240 g/mol. The van der Waals surface area contributed by atoms with E-state index in [1.165, 1.54) is 12.8 Å². The lowest BCUT2D eigenvalue weighted by Crippen LogP contribution is -2.34. The highest BCUT2D eigenvalue weighted by Gasteiger charge is 2.25. The minimum atomic E-state index is 0.303. The van der Waals surface area contributed by atoms with Crippen molar-refractivity contribution < 1.29 is 9.53 Å². The van der Waals surface area contributed by atoms with Crippen LogP contribution in [0.4, 0.5) is 0 Å². The molecule has 17 heavy (non-hydrogen) atoms. The molecule has 0 saturated carbocycles. The van der Waals surface area contributed by atoms with E-state index in [0.29, 0.717) is 24.5 Å². The van der Waals surface area contributed by atoms with Crippen LogP contribution in [0.1, 0.15) is 38.5 Å². The topological polar surface area (TPSA) is 41.6 Å². The lowest BCUT2D eigenvalue weighted by atomic mass is 10.0. The third-order valence-electron chi connectivity index (χ3n) is 3.90. The van der Waals surface area contributed by atoms with Gasteiger partial charge in [0.1, 0.15) is 0 Å². The fraction of sp³-hybridized carbons (Fsp3) is 0.923. The highest BCUT2D eigenvalue weighted by molar-refractivity contribution is 5.76. The molecule has 2 saturated heterocycles. The third-order valence-corrected chi connectivity index (χ3v) is 3.90. The number of likely N-dealkylation sites (tertiary alicyclic amines) is 1. The predicted octanol–water partition coefficient (Wildman–Crippen LogP) is 1.16. The van der Waals surface area contributed by atoms with Crippen molar-refractivity contribution in [1.82, 2.24) is 10.2 Å². The molecule has 2 fully saturated rings. The van der Waals surface area contributed by atoms with Crippen LogP contribution < -0.4 is 5.32 Å². The van der Waals surface area contributed by atoms with Crippen molar-refractivity contribution in [3.8, 4) is 0 Å². The van der Waals surface area contributed by atoms with E-state index < -0.39 is 0 Å². The molecule has 4 heteroatoms. The summed E-state index contributed by atoms with van der Waals surface area (Å²) >= 11 is 0. The molecule has 2 rings (SSSR count). The number of nitrogens with one attached hydrogen (secondary N) is 1. The average Bonchev–Trinajstić information content (AvgIpc) is 2.86. The zero-order chi connectivity index (χ0) is 12.1. The molecule has 98 valence electrons. The van der Waals surface area contributed by atoms with Crippen molar-refractivity contribution in [1.29, 1.82) is 0 Å². The Bertz CT molecular complexity index is 252. The van der Waals surface area contributed by atoms with E-state index in [1.54, 1.807) is 0 Å². The number of carbonyl (C=O) groups is 1. The van der Waals surface area contributed by atoms with Crippen molar-refractivity contribution in [2.24, 2.45) is 0 Å². The molecular weight excluding hydrogens is 216 g/mol. The molecule has 0 aliphatic carbocycles. The molecule has 1 N–H and O–H groups in total. The summed E-state index contributed by atoms with van der Waals surface area (Å²) in [5, 5.41) is 3.24. The molecule has 0 aromatic carbocycles. The lowest BCUT2D eigenvalue weighted by Gasteiger charge is -2.23. The van der Waals surface area contributed by atoms with E-state index >= 15 is 0 Å². The SMILES string of the molecule is CNC1CCN(C(=O)CCC2CCCCO2)C1. The van der Waals surface area contributed by atoms with Crippen LogP contribution in [0.2, 0.25) is 0 Å². The van der Waals surface area contributed by atoms with E-state index in [9.17, 15) is 4.79 Å². The molecular formula is C13H24N2O2. The Labute approximate surface area is 104 Å². The molecule has 1 amide bonds. The van der Waals surface area contributed by atoms with Crippen molar-refractivity contribution in [3.63, 3.8) is 0 Å². The highest BCUT2D eigenvalue weighted by atomic mass is 16.5. The van der Waals surface area contributed by atoms with Crippen molar-refractivity contribution in [2.75, 3.05) is 26.7 Å². The van der Waals surface area contributed by atoms with Crippen molar-refractivity contribution in [2.45, 2.75) is 50.7 Å². The van der Waals surface area contributed by atoms with Gasteiger partial charge in [0.05, 0.1) is 6.10 Å². The van der Waals surface area contributed by atoms with Gasteiger partial charge in [0, 0.05) is 32.2 Å². The zero-order valence-electron chi connectivity index (χ0n) is 10.8. The number of ether oxygens (including phenoxy) is 1. The summed E-state index contributed by atoms with van der Waals surface area (Å²) in [4.78, 5) is 14.0. The second-order valence-corrected chi connectivity index (χ2v) is 5.14. The first-order valence-corrected chi connectivity index (χ1v) is 6.86. The van der Waals surface area contributed by atoms with Gasteiger partial charge in [-0.1, -0.05) is 0 Å². The van der Waals surface area contributed by atoms with E-state index in [1.807, 2.05) is 11.9 Å². The number of hydrogen-bond acceptors (Lipinski definition) is 3. The van der Waals surface area contributed by atoms with Crippen LogP contribution in [0, 0.1) is 0 Å². The number of amides is 1. The van der Waals surface area contributed by atoms with Crippen LogP contribution in [0.3, 0.4) is 0 Å². The number of nitrogens with zero attached hydrogens (tertiary/aromatic N) is 1. The second kappa shape index (κ2) is 6.36. The van der Waals surface area contributed by atoms with Gasteiger partial charge in [0.25, 0.3) is 0 Å². The summed E-state index contributed by atoms with van der Waals surface area (Å²) in [6.45, 7) is 2.67. The van der Waals surface area contributed by atoms with Crippen molar-refractivity contribution in [3.05, 3.63) is 0 Å². The monoisotopic (exact) mass is 240 g/mol. The maximum Gasteiger partial charge on any atom is 0.222 e. The Morgan fingerprint density at radius 2 is 2.29 bits per heavy atom. The standard InChI is InChI=1S/C13H24N2O2/c1-14-11-7-8-15(10-11)13(16)6-5-12-4-2-3-9-17-12/h11-12,14H,2-10H2,1H3. The van der Waals surface area contributed by atoms with Gasteiger partial charge in [0.2, 0.25) is 5.91 Å². The number of likely N-dealkylation sites (N-methyl/N-ethyl adjacent to an activating group) is 1. The molecule has 2 unspecified atom stereocenters. The lowest BCUT2D eigenvalue weighted by molar-refractivity contribution is -0.131. The van der Waals surface area contributed by atoms with E-state index in [-0.39, 0.29) is 0 Å². The van der Waals surface area contributed by atoms with Crippen LogP contribution in [-0.2, 0) is 9.53 Å². The summed E-state index contributed by atoms with van der Waals surface area (Å²) in [7, 11) is 1.97. The van der Waals surface area contributed by atoms with Gasteiger partial charge in [-0.2, -0.15) is 0 Å². The summed E-state index contributed by atoms with van der Waals surface area (Å²) in [5.74, 6) is 0.303. The maximum atomic E-state index is 12.0. The van der Waals surface area contributed by atoms with Gasteiger partial charge in [-0.25, -0.2) is 0 Å². The smallest absolute Gasteiger partial charge is 0.222 e. The molecule has 0 spiro atoms. The van der Waals surface area contributed by atoms with Gasteiger partial charge in [-0.3, -0.25) is 4.79 Å². The Morgan fingerprint density at radius 3 is 2.94 bits per heavy atom. The first-order valence-electron chi connectivity index (χ1n) is 6.86. The zero-order valence-corrected chi connectivity index (χ0v) is 10.8. The molecule has 2 heterocycles. The van der Waals surface area contributed by atoms with E-state index in [2.05, 4.69) is 5.32 Å². The molecule has 0 radical (unpaired) electrons. The third kappa shape index (κ3) is 3.68. The molecule has 0 bridgehead atoms. The largest absolute Gasteiger partial charge is 0.378 e. The Kier molecular flexibility index (Phi) is 4.80. The normalized spacial score (nSPS) is 29.6. The molecule has 0 aromatic heterocycles. The first kappa shape index (κ1) is 12.8. The van der Waals surface area contributed by atoms with Gasteiger partial charge >= 0.3 is 0 Å². The van der Waals surface area contributed by atoms with Crippen molar-refractivity contribution >= 4 is 5.91 Å².